The lowest BCUT2D eigenvalue weighted by molar-refractivity contribution is -0.0734. The summed E-state index contributed by atoms with van der Waals surface area (Å²) in [5.74, 6) is 7.22. The van der Waals surface area contributed by atoms with Crippen molar-refractivity contribution in [2.24, 2.45) is 5.84 Å². The maximum Gasteiger partial charge on any atom is 0.161 e. The fourth-order valence-electron chi connectivity index (χ4n) is 2.82. The van der Waals surface area contributed by atoms with E-state index in [2.05, 4.69) is 19.3 Å². The normalized spacial score (nSPS) is 13.0. The van der Waals surface area contributed by atoms with Crippen molar-refractivity contribution in [3.63, 3.8) is 0 Å². The van der Waals surface area contributed by atoms with E-state index in [1.807, 2.05) is 25.1 Å². The van der Waals surface area contributed by atoms with E-state index >= 15 is 0 Å². The minimum absolute atomic E-state index is 0.118. The number of benzene rings is 1. The Morgan fingerprint density at radius 1 is 1.10 bits per heavy atom. The van der Waals surface area contributed by atoms with E-state index in [9.17, 15) is 0 Å². The Kier molecular flexibility index (Phi) is 6.95. The lowest BCUT2D eigenvalue weighted by Crippen LogP contribution is -2.48. The van der Waals surface area contributed by atoms with Crippen LogP contribution < -0.4 is 20.7 Å². The highest BCUT2D eigenvalue weighted by atomic mass is 16.5. The molecule has 0 aliphatic carbocycles. The topological polar surface area (TPSA) is 65.7 Å². The molecule has 0 saturated heterocycles. The fraction of sp³-hybridized carbons (Fsp3) is 0.625. The Morgan fingerprint density at radius 2 is 1.71 bits per heavy atom. The number of hydrazine groups is 1. The van der Waals surface area contributed by atoms with Crippen LogP contribution in [0.25, 0.3) is 0 Å². The van der Waals surface area contributed by atoms with Crippen molar-refractivity contribution in [1.82, 2.24) is 5.43 Å². The number of hydrogen-bond donors (Lipinski definition) is 2. The van der Waals surface area contributed by atoms with Crippen molar-refractivity contribution in [3.05, 3.63) is 23.8 Å². The van der Waals surface area contributed by atoms with E-state index in [0.29, 0.717) is 18.1 Å². The summed E-state index contributed by atoms with van der Waals surface area (Å²) in [6.07, 6.45) is 1.72. The molecule has 1 atom stereocenters. The Hall–Kier alpha value is -1.30. The zero-order valence-corrected chi connectivity index (χ0v) is 13.7. The van der Waals surface area contributed by atoms with E-state index < -0.39 is 0 Å². The summed E-state index contributed by atoms with van der Waals surface area (Å²) in [6, 6.07) is 5.71. The first-order chi connectivity index (χ1) is 10.1. The Bertz CT molecular complexity index is 434. The van der Waals surface area contributed by atoms with Crippen LogP contribution in [0.5, 0.6) is 11.5 Å². The Labute approximate surface area is 127 Å². The van der Waals surface area contributed by atoms with Gasteiger partial charge < -0.3 is 14.2 Å². The number of methoxy groups -OCH3 is 2. The maximum absolute atomic E-state index is 6.05. The van der Waals surface area contributed by atoms with Gasteiger partial charge in [0.1, 0.15) is 0 Å². The molecule has 0 spiro atoms. The molecule has 1 unspecified atom stereocenters. The highest BCUT2D eigenvalue weighted by molar-refractivity contribution is 5.44. The summed E-state index contributed by atoms with van der Waals surface area (Å²) in [7, 11) is 3.25. The quantitative estimate of drug-likeness (QED) is 0.542. The zero-order valence-electron chi connectivity index (χ0n) is 13.7. The first-order valence-electron chi connectivity index (χ1n) is 7.44. The molecule has 0 bridgehead atoms. The molecule has 0 amide bonds. The number of ether oxygens (including phenoxy) is 3. The van der Waals surface area contributed by atoms with Gasteiger partial charge in [0.2, 0.25) is 0 Å². The second kappa shape index (κ2) is 8.22. The van der Waals surface area contributed by atoms with Crippen LogP contribution in [0.1, 0.15) is 45.2 Å². The highest BCUT2D eigenvalue weighted by Gasteiger charge is 2.37. The van der Waals surface area contributed by atoms with Crippen LogP contribution in [-0.2, 0) is 4.74 Å². The van der Waals surface area contributed by atoms with Crippen LogP contribution in [0.3, 0.4) is 0 Å². The molecule has 21 heavy (non-hydrogen) atoms. The Balaban J connectivity index is 3.24. The van der Waals surface area contributed by atoms with E-state index in [-0.39, 0.29) is 11.6 Å². The van der Waals surface area contributed by atoms with Crippen LogP contribution in [0.15, 0.2) is 18.2 Å². The molecule has 0 aliphatic heterocycles. The largest absolute Gasteiger partial charge is 0.493 e. The van der Waals surface area contributed by atoms with E-state index in [1.54, 1.807) is 14.2 Å². The molecule has 5 nitrogen and oxygen atoms in total. The predicted molar refractivity (Wildman–Crippen MR) is 84.5 cm³/mol. The standard InChI is InChI=1S/C16H28N2O3/c1-6-16(7-2,21-8-3)15(18-17)12-9-10-13(19-4)14(11-12)20-5/h9-11,15,18H,6-8,17H2,1-5H3. The molecule has 0 heterocycles. The van der Waals surface area contributed by atoms with E-state index in [0.717, 1.165) is 18.4 Å². The molecule has 3 N–H and O–H groups in total. The average Bonchev–Trinajstić information content (AvgIpc) is 2.54. The van der Waals surface area contributed by atoms with E-state index in [4.69, 9.17) is 20.1 Å². The molecule has 1 aromatic rings. The zero-order chi connectivity index (χ0) is 15.9. The molecule has 0 fully saturated rings. The van der Waals surface area contributed by atoms with Crippen LogP contribution >= 0.6 is 0 Å². The van der Waals surface area contributed by atoms with Crippen molar-refractivity contribution in [1.29, 1.82) is 0 Å². The first kappa shape index (κ1) is 17.8. The smallest absolute Gasteiger partial charge is 0.161 e. The third-order valence-electron chi connectivity index (χ3n) is 4.06. The molecular formula is C16H28N2O3. The number of hydrogen-bond acceptors (Lipinski definition) is 5. The van der Waals surface area contributed by atoms with Gasteiger partial charge >= 0.3 is 0 Å². The van der Waals surface area contributed by atoms with E-state index in [1.165, 1.54) is 0 Å². The predicted octanol–water partition coefficient (Wildman–Crippen LogP) is 2.80. The average molecular weight is 296 g/mol. The number of nitrogens with one attached hydrogen (secondary N) is 1. The van der Waals surface area contributed by atoms with Gasteiger partial charge in [-0.05, 0) is 37.5 Å². The minimum Gasteiger partial charge on any atom is -0.493 e. The molecular weight excluding hydrogens is 268 g/mol. The monoisotopic (exact) mass is 296 g/mol. The molecule has 0 radical (unpaired) electrons. The molecule has 120 valence electrons. The van der Waals surface area contributed by atoms with Gasteiger partial charge in [0, 0.05) is 6.61 Å². The van der Waals surface area contributed by atoms with Crippen LogP contribution in [0, 0.1) is 0 Å². The van der Waals surface area contributed by atoms with Gasteiger partial charge in [-0.3, -0.25) is 11.3 Å². The summed E-state index contributed by atoms with van der Waals surface area (Å²) in [5, 5.41) is 0. The SMILES string of the molecule is CCOC(CC)(CC)C(NN)c1ccc(OC)c(OC)c1. The van der Waals surface area contributed by atoms with Crippen molar-refractivity contribution in [3.8, 4) is 11.5 Å². The molecule has 1 rings (SSSR count). The fourth-order valence-corrected chi connectivity index (χ4v) is 2.82. The second-order valence-corrected chi connectivity index (χ2v) is 4.92. The summed E-state index contributed by atoms with van der Waals surface area (Å²) in [6.45, 7) is 6.88. The van der Waals surface area contributed by atoms with Crippen molar-refractivity contribution in [2.45, 2.75) is 45.3 Å². The van der Waals surface area contributed by atoms with Crippen molar-refractivity contribution in [2.75, 3.05) is 20.8 Å². The molecule has 0 aliphatic rings. The summed E-state index contributed by atoms with van der Waals surface area (Å²) in [4.78, 5) is 0. The van der Waals surface area contributed by atoms with Crippen LogP contribution in [0.4, 0.5) is 0 Å². The number of rotatable bonds is 9. The lowest BCUT2D eigenvalue weighted by atomic mass is 9.84. The highest BCUT2D eigenvalue weighted by Crippen LogP contribution is 2.38. The summed E-state index contributed by atoms with van der Waals surface area (Å²) in [5.41, 5.74) is 3.59. The van der Waals surface area contributed by atoms with Crippen molar-refractivity contribution >= 4 is 0 Å². The molecule has 0 aromatic heterocycles. The molecule has 5 heteroatoms. The summed E-state index contributed by atoms with van der Waals surface area (Å²) >= 11 is 0. The first-order valence-corrected chi connectivity index (χ1v) is 7.44. The van der Waals surface area contributed by atoms with Gasteiger partial charge in [-0.15, -0.1) is 0 Å². The van der Waals surface area contributed by atoms with Gasteiger partial charge in [-0.1, -0.05) is 19.9 Å². The van der Waals surface area contributed by atoms with Crippen LogP contribution in [0.2, 0.25) is 0 Å². The Morgan fingerprint density at radius 3 is 2.14 bits per heavy atom. The number of nitrogens with two attached hydrogens (primary N) is 1. The van der Waals surface area contributed by atoms with Gasteiger partial charge in [-0.2, -0.15) is 0 Å². The molecule has 1 aromatic carbocycles. The van der Waals surface area contributed by atoms with Crippen molar-refractivity contribution < 1.29 is 14.2 Å². The molecule has 0 saturated carbocycles. The second-order valence-electron chi connectivity index (χ2n) is 4.92. The minimum atomic E-state index is -0.344. The maximum atomic E-state index is 6.05. The van der Waals surface area contributed by atoms with Gasteiger partial charge in [-0.25, -0.2) is 0 Å². The van der Waals surface area contributed by atoms with Gasteiger partial charge in [0.05, 0.1) is 25.9 Å². The third-order valence-corrected chi connectivity index (χ3v) is 4.06. The van der Waals surface area contributed by atoms with Gasteiger partial charge in [0.15, 0.2) is 11.5 Å². The lowest BCUT2D eigenvalue weighted by Gasteiger charge is -2.39. The van der Waals surface area contributed by atoms with Crippen LogP contribution in [-0.4, -0.2) is 26.4 Å². The summed E-state index contributed by atoms with van der Waals surface area (Å²) < 4.78 is 16.7. The van der Waals surface area contributed by atoms with Gasteiger partial charge in [0.25, 0.3) is 0 Å². The third kappa shape index (κ3) is 3.67.